The van der Waals surface area contributed by atoms with Gasteiger partial charge in [-0.3, -0.25) is 0 Å². The Morgan fingerprint density at radius 2 is 2.25 bits per heavy atom. The molecule has 1 aliphatic rings. The molecule has 1 aliphatic carbocycles. The third kappa shape index (κ3) is 0.671. The summed E-state index contributed by atoms with van der Waals surface area (Å²) in [5.74, 6) is 0. The van der Waals surface area contributed by atoms with Crippen molar-refractivity contribution >= 4 is 0 Å². The van der Waals surface area contributed by atoms with Gasteiger partial charge in [-0.05, 0) is 12.8 Å². The first-order valence-corrected chi connectivity index (χ1v) is 3.17. The van der Waals surface area contributed by atoms with Gasteiger partial charge >= 0.3 is 0 Å². The molecule has 0 aromatic rings. The number of hydrogen-bond acceptors (Lipinski definition) is 1. The van der Waals surface area contributed by atoms with E-state index in [0.29, 0.717) is 5.41 Å². The van der Waals surface area contributed by atoms with E-state index in [1.165, 1.54) is 19.3 Å². The van der Waals surface area contributed by atoms with Crippen LogP contribution >= 0.6 is 0 Å². The average molecular weight is 111 g/mol. The summed E-state index contributed by atoms with van der Waals surface area (Å²) in [5.41, 5.74) is 5.86. The number of hydrogen-bond donors (Lipinski definition) is 1. The Balaban J connectivity index is 2.45. The maximum atomic E-state index is 5.51. The lowest BCUT2D eigenvalue weighted by molar-refractivity contribution is 0.216. The van der Waals surface area contributed by atoms with Crippen LogP contribution in [0.4, 0.5) is 0 Å². The maximum absolute atomic E-state index is 5.51. The van der Waals surface area contributed by atoms with E-state index in [2.05, 4.69) is 6.58 Å². The molecule has 1 saturated carbocycles. The molecule has 0 amide bonds. The summed E-state index contributed by atoms with van der Waals surface area (Å²) in [4.78, 5) is 0. The molecule has 1 rings (SSSR count). The van der Waals surface area contributed by atoms with E-state index >= 15 is 0 Å². The zero-order chi connectivity index (χ0) is 6.04. The normalized spacial score (nSPS) is 24.1. The van der Waals surface area contributed by atoms with Crippen molar-refractivity contribution in [3.05, 3.63) is 12.7 Å². The lowest BCUT2D eigenvalue weighted by Crippen LogP contribution is -2.34. The molecule has 0 atom stereocenters. The van der Waals surface area contributed by atoms with Gasteiger partial charge in [-0.2, -0.15) is 0 Å². The van der Waals surface area contributed by atoms with Crippen molar-refractivity contribution < 1.29 is 0 Å². The average Bonchev–Trinajstić information content (AvgIpc) is 1.67. The molecule has 0 spiro atoms. The van der Waals surface area contributed by atoms with Crippen molar-refractivity contribution in [1.29, 1.82) is 0 Å². The van der Waals surface area contributed by atoms with E-state index < -0.39 is 0 Å². The van der Waals surface area contributed by atoms with Crippen LogP contribution in [0.1, 0.15) is 19.3 Å². The van der Waals surface area contributed by atoms with Crippen LogP contribution in [0.15, 0.2) is 12.7 Å². The number of rotatable bonds is 2. The van der Waals surface area contributed by atoms with Gasteiger partial charge in [0.25, 0.3) is 0 Å². The minimum atomic E-state index is 0.347. The fourth-order valence-electron chi connectivity index (χ4n) is 1.12. The minimum Gasteiger partial charge on any atom is -0.330 e. The highest BCUT2D eigenvalue weighted by Gasteiger charge is 2.31. The predicted molar refractivity (Wildman–Crippen MR) is 35.5 cm³/mol. The molecule has 1 heteroatoms. The molecule has 0 aromatic carbocycles. The second-order valence-electron chi connectivity index (χ2n) is 2.62. The van der Waals surface area contributed by atoms with Gasteiger partial charge in [-0.1, -0.05) is 12.5 Å². The summed E-state index contributed by atoms with van der Waals surface area (Å²) in [6, 6.07) is 0. The molecule has 0 aromatic heterocycles. The predicted octanol–water partition coefficient (Wildman–Crippen LogP) is 1.30. The smallest absolute Gasteiger partial charge is 0.00141 e. The first kappa shape index (κ1) is 5.83. The zero-order valence-electron chi connectivity index (χ0n) is 5.19. The largest absolute Gasteiger partial charge is 0.330 e. The summed E-state index contributed by atoms with van der Waals surface area (Å²) in [6.07, 6.45) is 5.86. The molecule has 1 fully saturated rings. The van der Waals surface area contributed by atoms with Gasteiger partial charge in [0, 0.05) is 12.0 Å². The molecule has 0 radical (unpaired) electrons. The molecule has 46 valence electrons. The van der Waals surface area contributed by atoms with Gasteiger partial charge in [0.2, 0.25) is 0 Å². The molecule has 2 N–H and O–H groups in total. The first-order chi connectivity index (χ1) is 3.83. The van der Waals surface area contributed by atoms with Crippen LogP contribution in [0.3, 0.4) is 0 Å². The van der Waals surface area contributed by atoms with Crippen molar-refractivity contribution in [3.8, 4) is 0 Å². The summed E-state index contributed by atoms with van der Waals surface area (Å²) in [7, 11) is 0. The molecular formula is C7H13N. The van der Waals surface area contributed by atoms with Crippen LogP contribution in [0.25, 0.3) is 0 Å². The Labute approximate surface area is 50.6 Å². The van der Waals surface area contributed by atoms with Crippen molar-refractivity contribution in [2.24, 2.45) is 11.1 Å². The van der Waals surface area contributed by atoms with Gasteiger partial charge in [-0.15, -0.1) is 6.58 Å². The molecule has 0 heterocycles. The van der Waals surface area contributed by atoms with E-state index in [1.54, 1.807) is 0 Å². The Kier molecular flexibility index (Phi) is 1.39. The Hall–Kier alpha value is -0.300. The van der Waals surface area contributed by atoms with E-state index in [-0.39, 0.29) is 0 Å². The lowest BCUT2D eigenvalue weighted by atomic mass is 9.69. The first-order valence-electron chi connectivity index (χ1n) is 3.17. The van der Waals surface area contributed by atoms with Gasteiger partial charge in [0.05, 0.1) is 0 Å². The number of nitrogens with two attached hydrogens (primary N) is 1. The molecule has 0 saturated heterocycles. The van der Waals surface area contributed by atoms with Gasteiger partial charge in [-0.25, -0.2) is 0 Å². The lowest BCUT2D eigenvalue weighted by Gasteiger charge is -2.37. The third-order valence-electron chi connectivity index (χ3n) is 2.19. The topological polar surface area (TPSA) is 26.0 Å². The van der Waals surface area contributed by atoms with Crippen molar-refractivity contribution in [1.82, 2.24) is 0 Å². The van der Waals surface area contributed by atoms with E-state index in [1.807, 2.05) is 6.08 Å². The van der Waals surface area contributed by atoms with Crippen LogP contribution in [0, 0.1) is 5.41 Å². The molecule has 0 unspecified atom stereocenters. The summed E-state index contributed by atoms with van der Waals surface area (Å²) in [5, 5.41) is 0. The second-order valence-corrected chi connectivity index (χ2v) is 2.62. The Bertz CT molecular complexity index is 87.1. The Morgan fingerprint density at radius 3 is 2.25 bits per heavy atom. The van der Waals surface area contributed by atoms with Crippen LogP contribution in [-0.2, 0) is 0 Å². The van der Waals surface area contributed by atoms with E-state index in [4.69, 9.17) is 5.73 Å². The van der Waals surface area contributed by atoms with Crippen molar-refractivity contribution in [3.63, 3.8) is 0 Å². The van der Waals surface area contributed by atoms with Gasteiger partial charge < -0.3 is 5.73 Å². The molecular weight excluding hydrogens is 98.1 g/mol. The van der Waals surface area contributed by atoms with Crippen molar-refractivity contribution in [2.45, 2.75) is 19.3 Å². The molecule has 8 heavy (non-hydrogen) atoms. The zero-order valence-corrected chi connectivity index (χ0v) is 5.19. The van der Waals surface area contributed by atoms with E-state index in [9.17, 15) is 0 Å². The fraction of sp³-hybridized carbons (Fsp3) is 0.714. The van der Waals surface area contributed by atoms with E-state index in [0.717, 1.165) is 6.54 Å². The minimum absolute atomic E-state index is 0.347. The standard InChI is InChI=1S/C7H13N/c1-2-7(6-8)4-3-5-7/h2H,1,3-6,8H2. The van der Waals surface area contributed by atoms with Crippen LogP contribution in [0.5, 0.6) is 0 Å². The SMILES string of the molecule is C=CC1(CN)CCC1. The molecule has 0 bridgehead atoms. The highest BCUT2D eigenvalue weighted by atomic mass is 14.6. The van der Waals surface area contributed by atoms with Gasteiger partial charge in [0.15, 0.2) is 0 Å². The highest BCUT2D eigenvalue weighted by molar-refractivity contribution is 5.01. The second kappa shape index (κ2) is 1.90. The van der Waals surface area contributed by atoms with Crippen LogP contribution < -0.4 is 5.73 Å². The monoisotopic (exact) mass is 111 g/mol. The molecule has 0 aliphatic heterocycles. The third-order valence-corrected chi connectivity index (χ3v) is 2.19. The van der Waals surface area contributed by atoms with Crippen LogP contribution in [-0.4, -0.2) is 6.54 Å². The molecule has 1 nitrogen and oxygen atoms in total. The van der Waals surface area contributed by atoms with Gasteiger partial charge in [0.1, 0.15) is 0 Å². The van der Waals surface area contributed by atoms with Crippen molar-refractivity contribution in [2.75, 3.05) is 6.54 Å². The summed E-state index contributed by atoms with van der Waals surface area (Å²) >= 11 is 0. The van der Waals surface area contributed by atoms with Crippen LogP contribution in [0.2, 0.25) is 0 Å². The Morgan fingerprint density at radius 1 is 1.62 bits per heavy atom. The highest BCUT2D eigenvalue weighted by Crippen LogP contribution is 2.40. The fourth-order valence-corrected chi connectivity index (χ4v) is 1.12. The summed E-state index contributed by atoms with van der Waals surface area (Å²) in [6.45, 7) is 4.53. The maximum Gasteiger partial charge on any atom is 0.00141 e. The quantitative estimate of drug-likeness (QED) is 0.534. The summed E-state index contributed by atoms with van der Waals surface area (Å²) < 4.78 is 0.